The van der Waals surface area contributed by atoms with Crippen molar-refractivity contribution in [3.8, 4) is 0 Å². The van der Waals surface area contributed by atoms with Crippen LogP contribution in [0.1, 0.15) is 39.2 Å². The van der Waals surface area contributed by atoms with Crippen LogP contribution in [0.15, 0.2) is 35.9 Å². The third-order valence-electron chi connectivity index (χ3n) is 2.82. The summed E-state index contributed by atoms with van der Waals surface area (Å²) in [5.74, 6) is -0.676. The van der Waals surface area contributed by atoms with Crippen LogP contribution in [0.25, 0.3) is 5.57 Å². The second-order valence-corrected chi connectivity index (χ2v) is 4.26. The minimum atomic E-state index is -0.526. The standard InChI is InChI=1S/C16H20O3/c1-4-9-14(17)15(16(18)19-5-2)12(3)13-10-7-6-8-11-13/h6-8,10-11H,4-5,9H2,1-3H3. The normalized spacial score (nSPS) is 11.7. The molecule has 0 heterocycles. The first-order chi connectivity index (χ1) is 9.11. The number of allylic oxidation sites excluding steroid dienone is 1. The van der Waals surface area contributed by atoms with E-state index in [9.17, 15) is 9.59 Å². The summed E-state index contributed by atoms with van der Waals surface area (Å²) < 4.78 is 5.00. The van der Waals surface area contributed by atoms with E-state index in [1.54, 1.807) is 13.8 Å². The molecule has 1 rings (SSSR count). The summed E-state index contributed by atoms with van der Waals surface area (Å²) in [5, 5.41) is 0. The van der Waals surface area contributed by atoms with Crippen LogP contribution in [-0.4, -0.2) is 18.4 Å². The molecule has 0 saturated heterocycles. The Morgan fingerprint density at radius 3 is 2.26 bits per heavy atom. The lowest BCUT2D eigenvalue weighted by atomic mass is 9.96. The number of hydrogen-bond donors (Lipinski definition) is 0. The molecule has 3 nitrogen and oxygen atoms in total. The van der Waals surface area contributed by atoms with Gasteiger partial charge in [-0.15, -0.1) is 0 Å². The molecule has 1 aromatic rings. The summed E-state index contributed by atoms with van der Waals surface area (Å²) in [6.07, 6.45) is 1.07. The first-order valence-electron chi connectivity index (χ1n) is 6.58. The van der Waals surface area contributed by atoms with Gasteiger partial charge in [0, 0.05) is 6.42 Å². The summed E-state index contributed by atoms with van der Waals surface area (Å²) >= 11 is 0. The number of ketones is 1. The van der Waals surface area contributed by atoms with Crippen LogP contribution in [-0.2, 0) is 14.3 Å². The number of benzene rings is 1. The van der Waals surface area contributed by atoms with Crippen molar-refractivity contribution >= 4 is 17.3 Å². The number of esters is 1. The zero-order chi connectivity index (χ0) is 14.3. The minimum absolute atomic E-state index is 0.151. The van der Waals surface area contributed by atoms with Crippen molar-refractivity contribution in [2.45, 2.75) is 33.6 Å². The molecule has 0 radical (unpaired) electrons. The molecule has 0 N–H and O–H groups in total. The second kappa shape index (κ2) is 7.52. The molecule has 0 aliphatic carbocycles. The number of carbonyl (C=O) groups is 2. The predicted octanol–water partition coefficient (Wildman–Crippen LogP) is 3.39. The summed E-state index contributed by atoms with van der Waals surface area (Å²) in [6, 6.07) is 9.42. The first-order valence-corrected chi connectivity index (χ1v) is 6.58. The predicted molar refractivity (Wildman–Crippen MR) is 75.6 cm³/mol. The van der Waals surface area contributed by atoms with E-state index in [0.29, 0.717) is 18.4 Å². The Morgan fingerprint density at radius 1 is 1.11 bits per heavy atom. The van der Waals surface area contributed by atoms with Gasteiger partial charge in [-0.05, 0) is 31.4 Å². The van der Waals surface area contributed by atoms with Gasteiger partial charge in [-0.2, -0.15) is 0 Å². The van der Waals surface area contributed by atoms with Gasteiger partial charge in [-0.25, -0.2) is 4.79 Å². The van der Waals surface area contributed by atoms with E-state index in [-0.39, 0.29) is 18.0 Å². The van der Waals surface area contributed by atoms with Crippen molar-refractivity contribution in [1.29, 1.82) is 0 Å². The SMILES string of the molecule is CCCC(=O)C(C(=O)OCC)=C(C)c1ccccc1. The van der Waals surface area contributed by atoms with Crippen LogP contribution in [0.2, 0.25) is 0 Å². The quantitative estimate of drug-likeness (QED) is 0.341. The summed E-state index contributed by atoms with van der Waals surface area (Å²) in [6.45, 7) is 5.70. The van der Waals surface area contributed by atoms with Crippen molar-refractivity contribution in [3.63, 3.8) is 0 Å². The van der Waals surface area contributed by atoms with Crippen LogP contribution >= 0.6 is 0 Å². The fourth-order valence-electron chi connectivity index (χ4n) is 1.86. The molecule has 0 aliphatic heterocycles. The molecular weight excluding hydrogens is 240 g/mol. The molecule has 0 amide bonds. The molecule has 0 atom stereocenters. The summed E-state index contributed by atoms with van der Waals surface area (Å²) in [7, 11) is 0. The first kappa shape index (κ1) is 15.2. The van der Waals surface area contributed by atoms with Crippen LogP contribution in [0, 0.1) is 0 Å². The summed E-state index contributed by atoms with van der Waals surface area (Å²) in [5.41, 5.74) is 1.72. The highest BCUT2D eigenvalue weighted by Crippen LogP contribution is 2.21. The lowest BCUT2D eigenvalue weighted by Crippen LogP contribution is -2.17. The smallest absolute Gasteiger partial charge is 0.342 e. The number of Topliss-reactive ketones (excluding diaryl/α,β-unsaturated/α-hetero) is 1. The highest BCUT2D eigenvalue weighted by atomic mass is 16.5. The van der Waals surface area contributed by atoms with Gasteiger partial charge in [-0.3, -0.25) is 4.79 Å². The second-order valence-electron chi connectivity index (χ2n) is 4.26. The Kier molecular flexibility index (Phi) is 6.00. The van der Waals surface area contributed by atoms with Gasteiger partial charge in [-0.1, -0.05) is 37.3 Å². The Bertz CT molecular complexity index is 452. The minimum Gasteiger partial charge on any atom is -0.462 e. The molecule has 0 bridgehead atoms. The number of carbonyl (C=O) groups excluding carboxylic acids is 2. The van der Waals surface area contributed by atoms with E-state index in [1.807, 2.05) is 37.3 Å². The fourth-order valence-corrected chi connectivity index (χ4v) is 1.86. The maximum atomic E-state index is 12.1. The average Bonchev–Trinajstić information content (AvgIpc) is 2.40. The third-order valence-corrected chi connectivity index (χ3v) is 2.82. The molecule has 19 heavy (non-hydrogen) atoms. The molecule has 0 aliphatic rings. The van der Waals surface area contributed by atoms with Crippen molar-refractivity contribution in [2.24, 2.45) is 0 Å². The molecule has 0 unspecified atom stereocenters. The van der Waals surface area contributed by atoms with E-state index >= 15 is 0 Å². The van der Waals surface area contributed by atoms with Gasteiger partial charge in [0.1, 0.15) is 5.57 Å². The van der Waals surface area contributed by atoms with Crippen molar-refractivity contribution < 1.29 is 14.3 Å². The van der Waals surface area contributed by atoms with Gasteiger partial charge in [0.05, 0.1) is 6.61 Å². The van der Waals surface area contributed by atoms with E-state index < -0.39 is 5.97 Å². The highest BCUT2D eigenvalue weighted by molar-refractivity contribution is 6.22. The van der Waals surface area contributed by atoms with Gasteiger partial charge >= 0.3 is 5.97 Å². The fraction of sp³-hybridized carbons (Fsp3) is 0.375. The third kappa shape index (κ3) is 4.05. The Morgan fingerprint density at radius 2 is 1.74 bits per heavy atom. The molecule has 3 heteroatoms. The molecule has 0 fully saturated rings. The highest BCUT2D eigenvalue weighted by Gasteiger charge is 2.22. The lowest BCUT2D eigenvalue weighted by molar-refractivity contribution is -0.139. The molecular formula is C16H20O3. The van der Waals surface area contributed by atoms with Gasteiger partial charge < -0.3 is 4.74 Å². The van der Waals surface area contributed by atoms with E-state index in [0.717, 1.165) is 5.56 Å². The molecule has 0 aromatic heterocycles. The largest absolute Gasteiger partial charge is 0.462 e. The number of hydrogen-bond acceptors (Lipinski definition) is 3. The number of rotatable bonds is 6. The Labute approximate surface area is 114 Å². The van der Waals surface area contributed by atoms with E-state index in [1.165, 1.54) is 0 Å². The monoisotopic (exact) mass is 260 g/mol. The lowest BCUT2D eigenvalue weighted by Gasteiger charge is -2.10. The maximum Gasteiger partial charge on any atom is 0.342 e. The van der Waals surface area contributed by atoms with Crippen molar-refractivity contribution in [3.05, 3.63) is 41.5 Å². The van der Waals surface area contributed by atoms with Crippen LogP contribution in [0.5, 0.6) is 0 Å². The Hall–Kier alpha value is -1.90. The van der Waals surface area contributed by atoms with Crippen LogP contribution < -0.4 is 0 Å². The van der Waals surface area contributed by atoms with Crippen LogP contribution in [0.4, 0.5) is 0 Å². The maximum absolute atomic E-state index is 12.1. The molecule has 0 saturated carbocycles. The van der Waals surface area contributed by atoms with Crippen molar-refractivity contribution in [1.82, 2.24) is 0 Å². The molecule has 0 spiro atoms. The van der Waals surface area contributed by atoms with Crippen LogP contribution in [0.3, 0.4) is 0 Å². The zero-order valence-electron chi connectivity index (χ0n) is 11.7. The Balaban J connectivity index is 3.21. The van der Waals surface area contributed by atoms with Gasteiger partial charge in [0.25, 0.3) is 0 Å². The van der Waals surface area contributed by atoms with E-state index in [4.69, 9.17) is 4.74 Å². The average molecular weight is 260 g/mol. The topological polar surface area (TPSA) is 43.4 Å². The molecule has 1 aromatic carbocycles. The van der Waals surface area contributed by atoms with Crippen molar-refractivity contribution in [2.75, 3.05) is 6.61 Å². The number of ether oxygens (including phenoxy) is 1. The van der Waals surface area contributed by atoms with E-state index in [2.05, 4.69) is 0 Å². The molecule has 102 valence electrons. The summed E-state index contributed by atoms with van der Waals surface area (Å²) in [4.78, 5) is 24.1. The van der Waals surface area contributed by atoms with Gasteiger partial charge in [0.2, 0.25) is 0 Å². The zero-order valence-corrected chi connectivity index (χ0v) is 11.7. The van der Waals surface area contributed by atoms with Gasteiger partial charge in [0.15, 0.2) is 5.78 Å².